The lowest BCUT2D eigenvalue weighted by atomic mass is 9.92. The number of hydrogen-bond donors (Lipinski definition) is 1. The molecule has 64 valence electrons. The molecule has 0 fully saturated rings. The van der Waals surface area contributed by atoms with Crippen LogP contribution in [0, 0.1) is 0 Å². The van der Waals surface area contributed by atoms with E-state index >= 15 is 0 Å². The van der Waals surface area contributed by atoms with Gasteiger partial charge in [-0.2, -0.15) is 0 Å². The zero-order valence-corrected chi connectivity index (χ0v) is 7.24. The monoisotopic (exact) mass is 164 g/mol. The molecule has 1 atom stereocenters. The molecule has 0 aromatic heterocycles. The van der Waals surface area contributed by atoms with Gasteiger partial charge in [-0.05, 0) is 19.4 Å². The molecular weight excluding hydrogens is 152 g/mol. The molecule has 2 heteroatoms. The molecule has 0 amide bonds. The Morgan fingerprint density at radius 3 is 2.25 bits per heavy atom. The molecule has 0 saturated carbocycles. The van der Waals surface area contributed by atoms with E-state index in [9.17, 15) is 9.90 Å². The van der Waals surface area contributed by atoms with E-state index in [0.717, 1.165) is 0 Å². The normalized spacial score (nSPS) is 15.2. The van der Waals surface area contributed by atoms with E-state index in [-0.39, 0.29) is 5.78 Å². The largest absolute Gasteiger partial charge is 0.378 e. The Morgan fingerprint density at radius 2 is 1.83 bits per heavy atom. The van der Waals surface area contributed by atoms with Crippen LogP contribution < -0.4 is 0 Å². The van der Waals surface area contributed by atoms with Gasteiger partial charge < -0.3 is 5.11 Å². The molecule has 0 aliphatic heterocycles. The summed E-state index contributed by atoms with van der Waals surface area (Å²) in [6.45, 7) is 2.89. The predicted octanol–water partition coefficient (Wildman–Crippen LogP) is 1.48. The summed E-state index contributed by atoms with van der Waals surface area (Å²) in [6, 6.07) is 8.92. The van der Waals surface area contributed by atoms with Gasteiger partial charge >= 0.3 is 0 Å². The van der Waals surface area contributed by atoms with Crippen molar-refractivity contribution in [3.63, 3.8) is 0 Å². The van der Waals surface area contributed by atoms with Gasteiger partial charge in [0.05, 0.1) is 0 Å². The van der Waals surface area contributed by atoms with E-state index in [4.69, 9.17) is 0 Å². The fourth-order valence-electron chi connectivity index (χ4n) is 0.966. The quantitative estimate of drug-likeness (QED) is 0.719. The molecule has 1 aromatic rings. The van der Waals surface area contributed by atoms with E-state index in [1.54, 1.807) is 24.3 Å². The standard InChI is InChI=1S/C10H12O2/c1-8(11)10(2,12)9-6-4-3-5-7-9/h3-7,12H,1-2H3/t10-/m0/s1. The van der Waals surface area contributed by atoms with Crippen LogP contribution in [0.1, 0.15) is 19.4 Å². The van der Waals surface area contributed by atoms with Crippen LogP contribution in [0.25, 0.3) is 0 Å². The van der Waals surface area contributed by atoms with Crippen molar-refractivity contribution in [1.82, 2.24) is 0 Å². The summed E-state index contributed by atoms with van der Waals surface area (Å²) in [5.41, 5.74) is -0.709. The van der Waals surface area contributed by atoms with Gasteiger partial charge in [-0.25, -0.2) is 0 Å². The number of rotatable bonds is 2. The minimum Gasteiger partial charge on any atom is -0.378 e. The highest BCUT2D eigenvalue weighted by atomic mass is 16.3. The lowest BCUT2D eigenvalue weighted by Crippen LogP contribution is -2.29. The molecule has 1 aromatic carbocycles. The van der Waals surface area contributed by atoms with Gasteiger partial charge in [-0.15, -0.1) is 0 Å². The van der Waals surface area contributed by atoms with Gasteiger partial charge in [0.2, 0.25) is 0 Å². The van der Waals surface area contributed by atoms with E-state index in [1.807, 2.05) is 6.07 Å². The number of benzene rings is 1. The topological polar surface area (TPSA) is 37.3 Å². The first-order chi connectivity index (χ1) is 5.55. The Morgan fingerprint density at radius 1 is 1.33 bits per heavy atom. The molecule has 0 saturated heterocycles. The van der Waals surface area contributed by atoms with Crippen molar-refractivity contribution in [2.75, 3.05) is 0 Å². The second-order valence-corrected chi connectivity index (χ2v) is 2.99. The highest BCUT2D eigenvalue weighted by Gasteiger charge is 2.27. The zero-order valence-electron chi connectivity index (χ0n) is 7.24. The van der Waals surface area contributed by atoms with Gasteiger partial charge in [0, 0.05) is 0 Å². The molecule has 0 radical (unpaired) electrons. The highest BCUT2D eigenvalue weighted by molar-refractivity contribution is 5.85. The molecule has 0 bridgehead atoms. The maximum atomic E-state index is 11.0. The molecule has 0 spiro atoms. The number of Topliss-reactive ketones (excluding diaryl/α,β-unsaturated/α-hetero) is 1. The summed E-state index contributed by atoms with van der Waals surface area (Å²) in [5.74, 6) is -0.242. The fourth-order valence-corrected chi connectivity index (χ4v) is 0.966. The van der Waals surface area contributed by atoms with Crippen LogP contribution in [-0.4, -0.2) is 10.9 Å². The summed E-state index contributed by atoms with van der Waals surface area (Å²) in [5, 5.41) is 9.71. The third-order valence-corrected chi connectivity index (χ3v) is 2.02. The number of carbonyl (C=O) groups is 1. The van der Waals surface area contributed by atoms with Gasteiger partial charge in [0.15, 0.2) is 5.78 Å². The minimum absolute atomic E-state index is 0.242. The highest BCUT2D eigenvalue weighted by Crippen LogP contribution is 2.20. The average Bonchev–Trinajstić information content (AvgIpc) is 2.06. The van der Waals surface area contributed by atoms with Crippen LogP contribution in [0.15, 0.2) is 30.3 Å². The first kappa shape index (κ1) is 8.94. The maximum absolute atomic E-state index is 11.0. The van der Waals surface area contributed by atoms with Crippen molar-refractivity contribution in [1.29, 1.82) is 0 Å². The summed E-state index contributed by atoms with van der Waals surface area (Å²) in [4.78, 5) is 11.0. The molecule has 0 heterocycles. The van der Waals surface area contributed by atoms with Crippen LogP contribution in [0.3, 0.4) is 0 Å². The lowest BCUT2D eigenvalue weighted by Gasteiger charge is -2.19. The zero-order chi connectivity index (χ0) is 9.19. The third-order valence-electron chi connectivity index (χ3n) is 2.02. The van der Waals surface area contributed by atoms with Crippen molar-refractivity contribution < 1.29 is 9.90 Å². The summed E-state index contributed by atoms with van der Waals surface area (Å²) in [7, 11) is 0. The van der Waals surface area contributed by atoms with Crippen molar-refractivity contribution in [2.24, 2.45) is 0 Å². The average molecular weight is 164 g/mol. The first-order valence-corrected chi connectivity index (χ1v) is 3.84. The number of carbonyl (C=O) groups excluding carboxylic acids is 1. The van der Waals surface area contributed by atoms with E-state index in [0.29, 0.717) is 5.56 Å². The number of aliphatic hydroxyl groups is 1. The van der Waals surface area contributed by atoms with Gasteiger partial charge in [0.1, 0.15) is 5.60 Å². The minimum atomic E-state index is -1.35. The summed E-state index contributed by atoms with van der Waals surface area (Å²) in [6.07, 6.45) is 0. The molecule has 0 aliphatic carbocycles. The van der Waals surface area contributed by atoms with Crippen LogP contribution in [0.2, 0.25) is 0 Å². The molecule has 1 N–H and O–H groups in total. The maximum Gasteiger partial charge on any atom is 0.165 e. The molecule has 0 unspecified atom stereocenters. The Kier molecular flexibility index (Phi) is 2.29. The molecule has 0 aliphatic rings. The SMILES string of the molecule is CC(=O)[C@](C)(O)c1ccccc1. The van der Waals surface area contributed by atoms with Crippen LogP contribution in [-0.2, 0) is 10.4 Å². The number of hydrogen-bond acceptors (Lipinski definition) is 2. The van der Waals surface area contributed by atoms with Gasteiger partial charge in [-0.1, -0.05) is 30.3 Å². The smallest absolute Gasteiger partial charge is 0.165 e. The third kappa shape index (κ3) is 1.53. The Labute approximate surface area is 71.8 Å². The van der Waals surface area contributed by atoms with Crippen molar-refractivity contribution in [3.05, 3.63) is 35.9 Å². The lowest BCUT2D eigenvalue weighted by molar-refractivity contribution is -0.134. The van der Waals surface area contributed by atoms with Crippen LogP contribution in [0.4, 0.5) is 0 Å². The molecular formula is C10H12O2. The van der Waals surface area contributed by atoms with Crippen molar-refractivity contribution >= 4 is 5.78 Å². The van der Waals surface area contributed by atoms with E-state index in [2.05, 4.69) is 0 Å². The fraction of sp³-hybridized carbons (Fsp3) is 0.300. The Hall–Kier alpha value is -1.15. The Bertz CT molecular complexity index is 275. The van der Waals surface area contributed by atoms with E-state index in [1.165, 1.54) is 13.8 Å². The van der Waals surface area contributed by atoms with Crippen LogP contribution in [0.5, 0.6) is 0 Å². The summed E-state index contributed by atoms with van der Waals surface area (Å²) >= 11 is 0. The van der Waals surface area contributed by atoms with E-state index < -0.39 is 5.60 Å². The van der Waals surface area contributed by atoms with Gasteiger partial charge in [-0.3, -0.25) is 4.79 Å². The summed E-state index contributed by atoms with van der Waals surface area (Å²) < 4.78 is 0. The Balaban J connectivity index is 3.06. The second kappa shape index (κ2) is 3.07. The van der Waals surface area contributed by atoms with Gasteiger partial charge in [0.25, 0.3) is 0 Å². The molecule has 12 heavy (non-hydrogen) atoms. The first-order valence-electron chi connectivity index (χ1n) is 3.84. The predicted molar refractivity (Wildman–Crippen MR) is 46.7 cm³/mol. The van der Waals surface area contributed by atoms with Crippen molar-refractivity contribution in [2.45, 2.75) is 19.4 Å². The second-order valence-electron chi connectivity index (χ2n) is 2.99. The number of ketones is 1. The molecule has 2 nitrogen and oxygen atoms in total. The molecule has 1 rings (SSSR count). The van der Waals surface area contributed by atoms with Crippen molar-refractivity contribution in [3.8, 4) is 0 Å². The van der Waals surface area contributed by atoms with Crippen LogP contribution >= 0.6 is 0 Å².